The van der Waals surface area contributed by atoms with Crippen LogP contribution in [-0.2, 0) is 11.4 Å². The summed E-state index contributed by atoms with van der Waals surface area (Å²) in [6, 6.07) is 16.9. The Morgan fingerprint density at radius 1 is 1.10 bits per heavy atom. The van der Waals surface area contributed by atoms with Crippen LogP contribution in [0.4, 0.5) is 0 Å². The molecule has 1 heterocycles. The number of amides is 1. The van der Waals surface area contributed by atoms with Crippen molar-refractivity contribution in [1.82, 2.24) is 15.1 Å². The van der Waals surface area contributed by atoms with Gasteiger partial charge < -0.3 is 19.9 Å². The summed E-state index contributed by atoms with van der Waals surface area (Å²) < 4.78 is 6.95. The lowest BCUT2D eigenvalue weighted by Gasteiger charge is -2.32. The molecule has 2 aromatic carbocycles. The van der Waals surface area contributed by atoms with Crippen LogP contribution in [0.1, 0.15) is 23.5 Å². The molecular formula is C23H30BrCl2N3O2. The summed E-state index contributed by atoms with van der Waals surface area (Å²) in [7, 11) is 2.10. The van der Waals surface area contributed by atoms with Gasteiger partial charge in [0.2, 0.25) is 5.91 Å². The first-order valence-electron chi connectivity index (χ1n) is 10.3. The number of rotatable bonds is 7. The van der Waals surface area contributed by atoms with Crippen molar-refractivity contribution in [3.63, 3.8) is 0 Å². The number of carbonyl (C=O) groups excluding carboxylic acids is 1. The highest BCUT2D eigenvalue weighted by atomic mass is 79.9. The number of hydrogen-bond acceptors (Lipinski definition) is 4. The number of nitrogens with zero attached hydrogens (tertiary/aromatic N) is 2. The van der Waals surface area contributed by atoms with Crippen molar-refractivity contribution in [1.29, 1.82) is 0 Å². The van der Waals surface area contributed by atoms with Crippen LogP contribution in [0.2, 0.25) is 0 Å². The number of nitrogens with one attached hydrogen (secondary N) is 1. The van der Waals surface area contributed by atoms with E-state index in [0.717, 1.165) is 48.4 Å². The maximum absolute atomic E-state index is 12.4. The minimum absolute atomic E-state index is 0. The SMILES string of the molecule is CN1CCN(C(=O)CN[C@@H]2C[C@H]2c2ccc(OCc3cccc(Br)c3)cc2)CC1.Cl.Cl. The van der Waals surface area contributed by atoms with Gasteiger partial charge in [-0.05, 0) is 48.9 Å². The van der Waals surface area contributed by atoms with E-state index in [1.807, 2.05) is 29.2 Å². The van der Waals surface area contributed by atoms with Crippen molar-refractivity contribution in [2.75, 3.05) is 39.8 Å². The molecule has 5 nitrogen and oxygen atoms in total. The van der Waals surface area contributed by atoms with Crippen LogP contribution in [-0.4, -0.2) is 61.5 Å². The average molecular weight is 531 g/mol. The van der Waals surface area contributed by atoms with Crippen LogP contribution in [0.3, 0.4) is 0 Å². The second kappa shape index (κ2) is 12.1. The Morgan fingerprint density at radius 3 is 2.48 bits per heavy atom. The van der Waals surface area contributed by atoms with E-state index in [2.05, 4.69) is 57.5 Å². The highest BCUT2D eigenvalue weighted by Crippen LogP contribution is 2.41. The number of piperazine rings is 1. The van der Waals surface area contributed by atoms with E-state index in [1.54, 1.807) is 0 Å². The van der Waals surface area contributed by atoms with Crippen LogP contribution in [0.25, 0.3) is 0 Å². The summed E-state index contributed by atoms with van der Waals surface area (Å²) in [5.74, 6) is 1.60. The lowest BCUT2D eigenvalue weighted by Crippen LogP contribution is -2.49. The Kier molecular flexibility index (Phi) is 10.1. The molecule has 170 valence electrons. The smallest absolute Gasteiger partial charge is 0.236 e. The average Bonchev–Trinajstić information content (AvgIpc) is 3.51. The van der Waals surface area contributed by atoms with Crippen molar-refractivity contribution in [3.8, 4) is 5.75 Å². The zero-order chi connectivity index (χ0) is 20.2. The molecule has 2 aromatic rings. The first-order valence-corrected chi connectivity index (χ1v) is 11.0. The fourth-order valence-corrected chi connectivity index (χ4v) is 4.23. The van der Waals surface area contributed by atoms with Gasteiger partial charge in [-0.25, -0.2) is 0 Å². The standard InChI is InChI=1S/C23H28BrN3O2.2ClH/c1-26-9-11-27(12-10-26)23(28)15-25-22-14-21(22)18-5-7-20(8-6-18)29-16-17-3-2-4-19(24)13-17;;/h2-8,13,21-22,25H,9-12,14-16H2,1H3;2*1H/t21-,22+;;/m0../s1. The lowest BCUT2D eigenvalue weighted by molar-refractivity contribution is -0.131. The molecule has 0 bridgehead atoms. The first-order chi connectivity index (χ1) is 14.1. The number of benzene rings is 2. The molecule has 2 fully saturated rings. The van der Waals surface area contributed by atoms with Gasteiger partial charge in [-0.15, -0.1) is 24.8 Å². The van der Waals surface area contributed by atoms with Gasteiger partial charge in [-0.2, -0.15) is 0 Å². The van der Waals surface area contributed by atoms with Gasteiger partial charge >= 0.3 is 0 Å². The van der Waals surface area contributed by atoms with E-state index in [1.165, 1.54) is 5.56 Å². The normalized spacial score (nSPS) is 20.4. The van der Waals surface area contributed by atoms with Crippen molar-refractivity contribution < 1.29 is 9.53 Å². The van der Waals surface area contributed by atoms with Crippen molar-refractivity contribution in [3.05, 3.63) is 64.1 Å². The van der Waals surface area contributed by atoms with E-state index < -0.39 is 0 Å². The first kappa shape index (κ1) is 25.9. The van der Waals surface area contributed by atoms with Crippen molar-refractivity contribution in [2.24, 2.45) is 0 Å². The summed E-state index contributed by atoms with van der Waals surface area (Å²) in [6.45, 7) is 4.61. The van der Waals surface area contributed by atoms with E-state index in [-0.39, 0.29) is 30.7 Å². The Labute approximate surface area is 205 Å². The van der Waals surface area contributed by atoms with Gasteiger partial charge in [0.05, 0.1) is 6.54 Å². The molecule has 1 saturated carbocycles. The fourth-order valence-electron chi connectivity index (χ4n) is 3.78. The number of hydrogen-bond donors (Lipinski definition) is 1. The highest BCUT2D eigenvalue weighted by Gasteiger charge is 2.38. The molecular weight excluding hydrogens is 501 g/mol. The maximum atomic E-state index is 12.4. The number of halogens is 3. The maximum Gasteiger partial charge on any atom is 0.236 e. The Bertz CT molecular complexity index is 845. The number of ether oxygens (including phenoxy) is 1. The largest absolute Gasteiger partial charge is 0.489 e. The van der Waals surface area contributed by atoms with Crippen LogP contribution in [0.15, 0.2) is 53.0 Å². The van der Waals surface area contributed by atoms with Crippen LogP contribution < -0.4 is 10.1 Å². The minimum Gasteiger partial charge on any atom is -0.489 e. The Morgan fingerprint density at radius 2 is 1.81 bits per heavy atom. The summed E-state index contributed by atoms with van der Waals surface area (Å²) >= 11 is 3.49. The van der Waals surface area contributed by atoms with Gasteiger partial charge in [-0.1, -0.05) is 40.2 Å². The van der Waals surface area contributed by atoms with Crippen LogP contribution in [0.5, 0.6) is 5.75 Å². The van der Waals surface area contributed by atoms with Gasteiger partial charge in [-0.3, -0.25) is 4.79 Å². The molecule has 0 unspecified atom stereocenters. The zero-order valence-electron chi connectivity index (χ0n) is 17.6. The molecule has 0 radical (unpaired) electrons. The third-order valence-corrected chi connectivity index (χ3v) is 6.26. The third-order valence-electron chi connectivity index (χ3n) is 5.76. The molecule has 1 aliphatic heterocycles. The summed E-state index contributed by atoms with van der Waals surface area (Å²) in [6.07, 6.45) is 1.09. The minimum atomic E-state index is 0. The van der Waals surface area contributed by atoms with Gasteiger partial charge in [0.1, 0.15) is 12.4 Å². The summed E-state index contributed by atoms with van der Waals surface area (Å²) in [4.78, 5) is 16.6. The third kappa shape index (κ3) is 7.36. The molecule has 0 spiro atoms. The molecule has 8 heteroatoms. The van der Waals surface area contributed by atoms with E-state index >= 15 is 0 Å². The molecule has 0 aromatic heterocycles. The van der Waals surface area contributed by atoms with E-state index in [0.29, 0.717) is 25.1 Å². The number of likely N-dealkylation sites (N-methyl/N-ethyl adjacent to an activating group) is 1. The molecule has 31 heavy (non-hydrogen) atoms. The lowest BCUT2D eigenvalue weighted by atomic mass is 10.1. The molecule has 1 saturated heterocycles. The van der Waals surface area contributed by atoms with Gasteiger partial charge in [0, 0.05) is 42.6 Å². The zero-order valence-corrected chi connectivity index (χ0v) is 20.8. The predicted molar refractivity (Wildman–Crippen MR) is 133 cm³/mol. The van der Waals surface area contributed by atoms with Gasteiger partial charge in [0.25, 0.3) is 0 Å². The van der Waals surface area contributed by atoms with Crippen LogP contribution >= 0.6 is 40.7 Å². The second-order valence-corrected chi connectivity index (χ2v) is 8.92. The number of carbonyl (C=O) groups is 1. The quantitative estimate of drug-likeness (QED) is 0.585. The van der Waals surface area contributed by atoms with E-state index in [9.17, 15) is 4.79 Å². The predicted octanol–water partition coefficient (Wildman–Crippen LogP) is 4.09. The molecule has 1 aliphatic carbocycles. The molecule has 4 rings (SSSR count). The molecule has 1 N–H and O–H groups in total. The monoisotopic (exact) mass is 529 g/mol. The Hall–Kier alpha value is -1.31. The fraction of sp³-hybridized carbons (Fsp3) is 0.435. The molecule has 2 atom stereocenters. The van der Waals surface area contributed by atoms with Crippen molar-refractivity contribution in [2.45, 2.75) is 25.0 Å². The molecule has 1 amide bonds. The van der Waals surface area contributed by atoms with E-state index in [4.69, 9.17) is 4.74 Å². The highest BCUT2D eigenvalue weighted by molar-refractivity contribution is 9.10. The summed E-state index contributed by atoms with van der Waals surface area (Å²) in [5, 5.41) is 3.44. The van der Waals surface area contributed by atoms with Gasteiger partial charge in [0.15, 0.2) is 0 Å². The molecule has 2 aliphatic rings. The van der Waals surface area contributed by atoms with Crippen molar-refractivity contribution >= 4 is 46.7 Å². The van der Waals surface area contributed by atoms with Crippen LogP contribution in [0, 0.1) is 0 Å². The Balaban J connectivity index is 0.00000171. The topological polar surface area (TPSA) is 44.8 Å². The second-order valence-electron chi connectivity index (χ2n) is 8.00. The summed E-state index contributed by atoms with van der Waals surface area (Å²) in [5.41, 5.74) is 2.45.